The van der Waals surface area contributed by atoms with Gasteiger partial charge in [-0.3, -0.25) is 9.69 Å². The van der Waals surface area contributed by atoms with Gasteiger partial charge in [-0.25, -0.2) is 0 Å². The van der Waals surface area contributed by atoms with Crippen molar-refractivity contribution in [1.29, 1.82) is 0 Å². The molecule has 0 aromatic heterocycles. The number of ketones is 1. The second-order valence-corrected chi connectivity index (χ2v) is 7.44. The summed E-state index contributed by atoms with van der Waals surface area (Å²) in [5.74, 6) is 0.220. The number of benzene rings is 2. The van der Waals surface area contributed by atoms with Crippen LogP contribution in [0.15, 0.2) is 60.7 Å². The number of carbonyl (C=O) groups is 1. The summed E-state index contributed by atoms with van der Waals surface area (Å²) in [5.41, 5.74) is 2.11. The Labute approximate surface area is 162 Å². The van der Waals surface area contributed by atoms with Crippen LogP contribution in [0.5, 0.6) is 0 Å². The molecule has 0 radical (unpaired) electrons. The Morgan fingerprint density at radius 3 is 2.19 bits per heavy atom. The second kappa shape index (κ2) is 9.79. The molecule has 27 heavy (non-hydrogen) atoms. The molecular weight excluding hydrogens is 336 g/mol. The minimum Gasteiger partial charge on any atom is -0.379 e. The van der Waals surface area contributed by atoms with Crippen molar-refractivity contribution < 1.29 is 9.53 Å². The normalized spacial score (nSPS) is 17.6. The average molecular weight is 367 g/mol. The number of hydrogen-bond donors (Lipinski definition) is 0. The monoisotopic (exact) mass is 366 g/mol. The van der Waals surface area contributed by atoms with Gasteiger partial charge in [0.15, 0.2) is 5.78 Å². The van der Waals surface area contributed by atoms with Gasteiger partial charge in [0.2, 0.25) is 0 Å². The molecule has 2 aromatic carbocycles. The molecule has 0 saturated carbocycles. The fraction of sp³-hybridized carbons (Fsp3) is 0.435. The SMILES string of the molecule is CN(C)C(Cc1ccccc1)CC(C(=O)c1ccccc1)N1CCOCC1. The lowest BCUT2D eigenvalue weighted by Gasteiger charge is -2.37. The van der Waals surface area contributed by atoms with E-state index in [2.05, 4.69) is 48.2 Å². The quantitative estimate of drug-likeness (QED) is 0.672. The molecule has 1 fully saturated rings. The average Bonchev–Trinajstić information content (AvgIpc) is 2.72. The summed E-state index contributed by atoms with van der Waals surface area (Å²) in [6, 6.07) is 20.4. The fourth-order valence-corrected chi connectivity index (χ4v) is 3.73. The zero-order valence-corrected chi connectivity index (χ0v) is 16.4. The Bertz CT molecular complexity index is 697. The van der Waals surface area contributed by atoms with Crippen molar-refractivity contribution in [2.75, 3.05) is 40.4 Å². The molecule has 2 aromatic rings. The van der Waals surface area contributed by atoms with Gasteiger partial charge in [0.05, 0.1) is 19.3 Å². The van der Waals surface area contributed by atoms with E-state index in [0.717, 1.165) is 31.5 Å². The van der Waals surface area contributed by atoms with Gasteiger partial charge in [-0.1, -0.05) is 60.7 Å². The van der Waals surface area contributed by atoms with Crippen molar-refractivity contribution in [2.45, 2.75) is 24.9 Å². The molecule has 2 unspecified atom stereocenters. The lowest BCUT2D eigenvalue weighted by Crippen LogP contribution is -2.50. The van der Waals surface area contributed by atoms with E-state index in [0.29, 0.717) is 19.3 Å². The number of Topliss-reactive ketones (excluding diaryl/α,β-unsaturated/α-hetero) is 1. The third-order valence-electron chi connectivity index (χ3n) is 5.39. The molecule has 4 heteroatoms. The highest BCUT2D eigenvalue weighted by molar-refractivity contribution is 6.00. The lowest BCUT2D eigenvalue weighted by atomic mass is 9.92. The van der Waals surface area contributed by atoms with E-state index >= 15 is 0 Å². The lowest BCUT2D eigenvalue weighted by molar-refractivity contribution is 0.0117. The third kappa shape index (κ3) is 5.48. The van der Waals surface area contributed by atoms with Gasteiger partial charge in [0.25, 0.3) is 0 Å². The van der Waals surface area contributed by atoms with Gasteiger partial charge in [-0.2, -0.15) is 0 Å². The van der Waals surface area contributed by atoms with Gasteiger partial charge in [-0.15, -0.1) is 0 Å². The van der Waals surface area contributed by atoms with Crippen molar-refractivity contribution >= 4 is 5.78 Å². The summed E-state index contributed by atoms with van der Waals surface area (Å²) >= 11 is 0. The smallest absolute Gasteiger partial charge is 0.180 e. The number of likely N-dealkylation sites (N-methyl/N-ethyl adjacent to an activating group) is 1. The zero-order valence-electron chi connectivity index (χ0n) is 16.4. The molecule has 3 rings (SSSR count). The van der Waals surface area contributed by atoms with Crippen LogP contribution in [0.3, 0.4) is 0 Å². The molecule has 0 spiro atoms. The molecule has 4 nitrogen and oxygen atoms in total. The predicted octanol–water partition coefficient (Wildman–Crippen LogP) is 3.13. The van der Waals surface area contributed by atoms with E-state index in [-0.39, 0.29) is 11.8 Å². The topological polar surface area (TPSA) is 32.8 Å². The van der Waals surface area contributed by atoms with Crippen molar-refractivity contribution in [1.82, 2.24) is 9.80 Å². The van der Waals surface area contributed by atoms with Crippen LogP contribution >= 0.6 is 0 Å². The second-order valence-electron chi connectivity index (χ2n) is 7.44. The van der Waals surface area contributed by atoms with E-state index in [1.54, 1.807) is 0 Å². The van der Waals surface area contributed by atoms with Crippen molar-refractivity contribution in [2.24, 2.45) is 0 Å². The zero-order chi connectivity index (χ0) is 19.1. The molecular formula is C23H30N2O2. The largest absolute Gasteiger partial charge is 0.379 e. The van der Waals surface area contributed by atoms with Crippen LogP contribution in [0.25, 0.3) is 0 Å². The van der Waals surface area contributed by atoms with Gasteiger partial charge < -0.3 is 9.64 Å². The summed E-state index contributed by atoms with van der Waals surface area (Å²) < 4.78 is 5.52. The molecule has 1 aliphatic heterocycles. The number of carbonyl (C=O) groups excluding carboxylic acids is 1. The number of hydrogen-bond acceptors (Lipinski definition) is 4. The molecule has 1 heterocycles. The summed E-state index contributed by atoms with van der Waals surface area (Å²) in [7, 11) is 4.22. The first-order valence-electron chi connectivity index (χ1n) is 9.76. The maximum atomic E-state index is 13.4. The van der Waals surface area contributed by atoms with Crippen molar-refractivity contribution in [3.8, 4) is 0 Å². The van der Waals surface area contributed by atoms with E-state index in [4.69, 9.17) is 4.74 Å². The molecule has 0 bridgehead atoms. The Morgan fingerprint density at radius 2 is 1.59 bits per heavy atom. The number of rotatable bonds is 8. The van der Waals surface area contributed by atoms with E-state index in [9.17, 15) is 4.79 Å². The summed E-state index contributed by atoms with van der Waals surface area (Å²) in [6.45, 7) is 3.03. The van der Waals surface area contributed by atoms with Crippen LogP contribution in [0.1, 0.15) is 22.3 Å². The van der Waals surface area contributed by atoms with Crippen LogP contribution in [0.4, 0.5) is 0 Å². The first-order valence-corrected chi connectivity index (χ1v) is 9.76. The molecule has 2 atom stereocenters. The molecule has 144 valence electrons. The number of morpholine rings is 1. The van der Waals surface area contributed by atoms with Crippen LogP contribution < -0.4 is 0 Å². The van der Waals surface area contributed by atoms with Gasteiger partial charge >= 0.3 is 0 Å². The van der Waals surface area contributed by atoms with Crippen LogP contribution in [0.2, 0.25) is 0 Å². The van der Waals surface area contributed by atoms with Crippen molar-refractivity contribution in [3.63, 3.8) is 0 Å². The van der Waals surface area contributed by atoms with Gasteiger partial charge in [0, 0.05) is 24.7 Å². The molecule has 0 aliphatic carbocycles. The minimum absolute atomic E-state index is 0.118. The van der Waals surface area contributed by atoms with Crippen molar-refractivity contribution in [3.05, 3.63) is 71.8 Å². The maximum absolute atomic E-state index is 13.4. The Hall–Kier alpha value is -2.01. The van der Waals surface area contributed by atoms with Crippen LogP contribution in [0, 0.1) is 0 Å². The standard InChI is InChI=1S/C23H30N2O2/c1-24(2)21(17-19-9-5-3-6-10-19)18-22(25-13-15-27-16-14-25)23(26)20-11-7-4-8-12-20/h3-12,21-22H,13-18H2,1-2H3. The molecule has 0 amide bonds. The molecule has 1 saturated heterocycles. The Morgan fingerprint density at radius 1 is 1.00 bits per heavy atom. The summed E-state index contributed by atoms with van der Waals surface area (Å²) in [4.78, 5) is 17.9. The fourth-order valence-electron chi connectivity index (χ4n) is 3.73. The first-order chi connectivity index (χ1) is 13.1. The van der Waals surface area contributed by atoms with E-state index in [1.807, 2.05) is 36.4 Å². The molecule has 0 N–H and O–H groups in total. The van der Waals surface area contributed by atoms with Gasteiger partial charge in [-0.05, 0) is 32.5 Å². The highest BCUT2D eigenvalue weighted by Crippen LogP contribution is 2.20. The third-order valence-corrected chi connectivity index (χ3v) is 5.39. The van der Waals surface area contributed by atoms with E-state index < -0.39 is 0 Å². The van der Waals surface area contributed by atoms with Crippen LogP contribution in [-0.2, 0) is 11.2 Å². The Kier molecular flexibility index (Phi) is 7.16. The highest BCUT2D eigenvalue weighted by Gasteiger charge is 2.31. The minimum atomic E-state index is -0.118. The molecule has 1 aliphatic rings. The maximum Gasteiger partial charge on any atom is 0.180 e. The highest BCUT2D eigenvalue weighted by atomic mass is 16.5. The number of nitrogens with zero attached hydrogens (tertiary/aromatic N) is 2. The first kappa shape index (κ1) is 19.7. The number of ether oxygens (including phenoxy) is 1. The summed E-state index contributed by atoms with van der Waals surface area (Å²) in [5, 5.41) is 0. The van der Waals surface area contributed by atoms with E-state index in [1.165, 1.54) is 5.56 Å². The van der Waals surface area contributed by atoms with Crippen LogP contribution in [-0.4, -0.2) is 68.1 Å². The van der Waals surface area contributed by atoms with Gasteiger partial charge in [0.1, 0.15) is 0 Å². The summed E-state index contributed by atoms with van der Waals surface area (Å²) in [6.07, 6.45) is 1.76. The predicted molar refractivity (Wildman–Crippen MR) is 109 cm³/mol. The Balaban J connectivity index is 1.81.